The lowest BCUT2D eigenvalue weighted by atomic mass is 9.67. The lowest BCUT2D eigenvalue weighted by Crippen LogP contribution is -2.28. The third-order valence-corrected chi connectivity index (χ3v) is 9.80. The first kappa shape index (κ1) is 27.0. The van der Waals surface area contributed by atoms with Gasteiger partial charge in [0.2, 0.25) is 0 Å². The van der Waals surface area contributed by atoms with Gasteiger partial charge in [-0.25, -0.2) is 0 Å². The van der Waals surface area contributed by atoms with Crippen molar-refractivity contribution in [2.75, 3.05) is 0 Å². The Balaban J connectivity index is 1.43. The number of rotatable bonds is 4. The second-order valence-corrected chi connectivity index (χ2v) is 12.2. The Bertz CT molecular complexity index is 2480. The van der Waals surface area contributed by atoms with Crippen molar-refractivity contribution in [2.45, 2.75) is 5.41 Å². The van der Waals surface area contributed by atoms with E-state index in [9.17, 15) is 5.26 Å². The first-order valence-corrected chi connectivity index (χ1v) is 15.9. The Kier molecular flexibility index (Phi) is 6.13. The van der Waals surface area contributed by atoms with Crippen LogP contribution in [0.25, 0.3) is 55.1 Å². The zero-order chi connectivity index (χ0) is 31.4. The van der Waals surface area contributed by atoms with Gasteiger partial charge in [0.15, 0.2) is 0 Å². The van der Waals surface area contributed by atoms with Crippen molar-refractivity contribution in [2.24, 2.45) is 0 Å². The fraction of sp³-hybridized carbons (Fsp3) is 0.0222. The van der Waals surface area contributed by atoms with Crippen LogP contribution in [0.4, 0.5) is 0 Å². The topological polar surface area (TPSA) is 36.7 Å². The highest BCUT2D eigenvalue weighted by molar-refractivity contribution is 6.15. The summed E-state index contributed by atoms with van der Waals surface area (Å²) >= 11 is 0. The number of nitrogens with zero attached hydrogens (tertiary/aromatic N) is 2. The van der Waals surface area contributed by atoms with Crippen molar-refractivity contribution >= 4 is 21.5 Å². The van der Waals surface area contributed by atoms with Gasteiger partial charge in [0, 0.05) is 11.8 Å². The van der Waals surface area contributed by atoms with E-state index in [1.807, 2.05) is 6.07 Å². The molecule has 0 unspecified atom stereocenters. The minimum atomic E-state index is -0.531. The van der Waals surface area contributed by atoms with Gasteiger partial charge in [0.05, 0.1) is 22.7 Å². The van der Waals surface area contributed by atoms with Gasteiger partial charge in [-0.2, -0.15) is 5.26 Å². The zero-order valence-electron chi connectivity index (χ0n) is 25.6. The van der Waals surface area contributed by atoms with Gasteiger partial charge in [-0.3, -0.25) is 4.98 Å². The van der Waals surface area contributed by atoms with E-state index in [4.69, 9.17) is 0 Å². The first-order chi connectivity index (χ1) is 23.3. The molecule has 7 aromatic carbocycles. The fourth-order valence-electron chi connectivity index (χ4n) is 7.85. The maximum absolute atomic E-state index is 9.55. The molecule has 9 rings (SSSR count). The van der Waals surface area contributed by atoms with Gasteiger partial charge in [0.25, 0.3) is 0 Å². The van der Waals surface area contributed by atoms with Crippen LogP contribution >= 0.6 is 0 Å². The monoisotopic (exact) mass is 596 g/mol. The minimum absolute atomic E-state index is 0.531. The molecular formula is C45H28N2. The standard InChI is InChI=1S/C45H28N2/c46-29-30-24-25-47-42(26-30)33-14-11-13-32(27-33)39-28-41-44(38-21-10-9-20-37(38)39)43-36-19-8-7-12-31(36)22-23-40(43)45(41,34-15-3-1-4-16-34)35-17-5-2-6-18-35/h1-28H. The predicted octanol–water partition coefficient (Wildman–Crippen LogP) is 11.0. The molecule has 0 spiro atoms. The summed E-state index contributed by atoms with van der Waals surface area (Å²) in [6, 6.07) is 61.1. The molecule has 0 amide bonds. The van der Waals surface area contributed by atoms with Crippen LogP contribution in [0.3, 0.4) is 0 Å². The largest absolute Gasteiger partial charge is 0.256 e. The quantitative estimate of drug-likeness (QED) is 0.203. The Labute approximate surface area is 273 Å². The third kappa shape index (κ3) is 4.00. The van der Waals surface area contributed by atoms with Crippen molar-refractivity contribution in [3.05, 3.63) is 198 Å². The summed E-state index contributed by atoms with van der Waals surface area (Å²) < 4.78 is 0. The van der Waals surface area contributed by atoms with Gasteiger partial charge < -0.3 is 0 Å². The van der Waals surface area contributed by atoms with E-state index in [0.29, 0.717) is 5.56 Å². The van der Waals surface area contributed by atoms with Gasteiger partial charge in [-0.1, -0.05) is 140 Å². The SMILES string of the molecule is N#Cc1ccnc(-c2cccc(-c3cc4c(c5ccccc35)-c3c(ccc5ccccc35)C4(c3ccccc3)c3ccccc3)c2)c1. The molecular weight excluding hydrogens is 569 g/mol. The van der Waals surface area contributed by atoms with E-state index in [1.54, 1.807) is 12.3 Å². The molecule has 2 heteroatoms. The lowest BCUT2D eigenvalue weighted by Gasteiger charge is -2.34. The molecule has 0 aliphatic heterocycles. The molecule has 0 radical (unpaired) electrons. The van der Waals surface area contributed by atoms with Crippen molar-refractivity contribution in [1.82, 2.24) is 4.98 Å². The van der Waals surface area contributed by atoms with Crippen LogP contribution in [0.2, 0.25) is 0 Å². The molecule has 1 heterocycles. The zero-order valence-corrected chi connectivity index (χ0v) is 25.6. The van der Waals surface area contributed by atoms with Crippen LogP contribution in [0.5, 0.6) is 0 Å². The fourth-order valence-corrected chi connectivity index (χ4v) is 7.85. The summed E-state index contributed by atoms with van der Waals surface area (Å²) in [6.45, 7) is 0. The minimum Gasteiger partial charge on any atom is -0.256 e. The Morgan fingerprint density at radius 1 is 0.489 bits per heavy atom. The molecule has 0 saturated carbocycles. The van der Waals surface area contributed by atoms with E-state index in [-0.39, 0.29) is 0 Å². The molecule has 47 heavy (non-hydrogen) atoms. The number of pyridine rings is 1. The van der Waals surface area contributed by atoms with E-state index in [2.05, 4.69) is 163 Å². The molecule has 0 fully saturated rings. The van der Waals surface area contributed by atoms with Crippen molar-refractivity contribution < 1.29 is 0 Å². The van der Waals surface area contributed by atoms with Gasteiger partial charge in [-0.15, -0.1) is 0 Å². The highest BCUT2D eigenvalue weighted by Gasteiger charge is 2.47. The second kappa shape index (κ2) is 10.7. The summed E-state index contributed by atoms with van der Waals surface area (Å²) in [6.07, 6.45) is 1.71. The van der Waals surface area contributed by atoms with Gasteiger partial charge >= 0.3 is 0 Å². The number of fused-ring (bicyclic) bond motifs is 7. The molecule has 1 aliphatic rings. The average Bonchev–Trinajstić information content (AvgIpc) is 3.47. The molecule has 8 aromatic rings. The number of hydrogen-bond acceptors (Lipinski definition) is 2. The van der Waals surface area contributed by atoms with Crippen molar-refractivity contribution in [3.63, 3.8) is 0 Å². The highest BCUT2D eigenvalue weighted by atomic mass is 14.7. The smallest absolute Gasteiger partial charge is 0.0992 e. The van der Waals surface area contributed by atoms with Crippen LogP contribution in [-0.4, -0.2) is 4.98 Å². The second-order valence-electron chi connectivity index (χ2n) is 12.2. The normalized spacial score (nSPS) is 12.8. The molecule has 1 aromatic heterocycles. The summed E-state index contributed by atoms with van der Waals surface area (Å²) in [5, 5.41) is 14.5. The molecule has 0 saturated heterocycles. The van der Waals surface area contributed by atoms with Gasteiger partial charge in [0.1, 0.15) is 0 Å². The summed E-state index contributed by atoms with van der Waals surface area (Å²) in [4.78, 5) is 4.62. The molecule has 2 nitrogen and oxygen atoms in total. The third-order valence-electron chi connectivity index (χ3n) is 9.80. The van der Waals surface area contributed by atoms with E-state index in [0.717, 1.165) is 16.8 Å². The summed E-state index contributed by atoms with van der Waals surface area (Å²) in [5.41, 5.74) is 11.8. The number of nitriles is 1. The first-order valence-electron chi connectivity index (χ1n) is 15.9. The maximum atomic E-state index is 9.55. The predicted molar refractivity (Wildman–Crippen MR) is 192 cm³/mol. The van der Waals surface area contributed by atoms with E-state index < -0.39 is 5.41 Å². The van der Waals surface area contributed by atoms with Crippen LogP contribution in [0, 0.1) is 11.3 Å². The Morgan fingerprint density at radius 2 is 1.13 bits per heavy atom. The molecule has 0 N–H and O–H groups in total. The number of aromatic nitrogens is 1. The Morgan fingerprint density at radius 3 is 1.87 bits per heavy atom. The lowest BCUT2D eigenvalue weighted by molar-refractivity contribution is 0.770. The van der Waals surface area contributed by atoms with Crippen molar-refractivity contribution in [3.8, 4) is 39.6 Å². The average molecular weight is 597 g/mol. The van der Waals surface area contributed by atoms with E-state index in [1.165, 1.54) is 60.5 Å². The molecule has 0 bridgehead atoms. The number of benzene rings is 7. The number of hydrogen-bond donors (Lipinski definition) is 0. The highest BCUT2D eigenvalue weighted by Crippen LogP contribution is 2.60. The summed E-state index contributed by atoms with van der Waals surface area (Å²) in [7, 11) is 0. The van der Waals surface area contributed by atoms with E-state index >= 15 is 0 Å². The molecule has 1 aliphatic carbocycles. The summed E-state index contributed by atoms with van der Waals surface area (Å²) in [5.74, 6) is 0. The van der Waals surface area contributed by atoms with Crippen LogP contribution in [-0.2, 0) is 5.41 Å². The molecule has 0 atom stereocenters. The Hall–Kier alpha value is -6.30. The maximum Gasteiger partial charge on any atom is 0.0992 e. The molecule has 218 valence electrons. The van der Waals surface area contributed by atoms with Crippen LogP contribution in [0.15, 0.2) is 170 Å². The van der Waals surface area contributed by atoms with Crippen LogP contribution in [0.1, 0.15) is 27.8 Å². The van der Waals surface area contributed by atoms with Crippen molar-refractivity contribution in [1.29, 1.82) is 5.26 Å². The van der Waals surface area contributed by atoms with Crippen LogP contribution < -0.4 is 0 Å². The van der Waals surface area contributed by atoms with Gasteiger partial charge in [-0.05, 0) is 90.3 Å².